The van der Waals surface area contributed by atoms with Gasteiger partial charge in [0.2, 0.25) is 5.91 Å². The van der Waals surface area contributed by atoms with Crippen molar-refractivity contribution in [1.82, 2.24) is 9.78 Å². The molecule has 2 aliphatic heterocycles. The smallest absolute Gasteiger partial charge is 0.229 e. The number of ether oxygens (including phenoxy) is 2. The Bertz CT molecular complexity index is 434. The van der Waals surface area contributed by atoms with E-state index in [4.69, 9.17) is 9.47 Å². The van der Waals surface area contributed by atoms with Crippen LogP contribution in [0.1, 0.15) is 25.3 Å². The van der Waals surface area contributed by atoms with E-state index in [9.17, 15) is 4.79 Å². The average molecular weight is 265 g/mol. The Morgan fingerprint density at radius 1 is 1.26 bits per heavy atom. The molecule has 104 valence electrons. The number of rotatable bonds is 3. The molecular formula is C13H19N3O3. The molecule has 0 spiro atoms. The van der Waals surface area contributed by atoms with Crippen molar-refractivity contribution >= 4 is 11.6 Å². The van der Waals surface area contributed by atoms with Crippen LogP contribution in [0.2, 0.25) is 0 Å². The monoisotopic (exact) mass is 265 g/mol. The van der Waals surface area contributed by atoms with E-state index in [1.54, 1.807) is 6.20 Å². The second-order valence-electron chi connectivity index (χ2n) is 5.10. The lowest BCUT2D eigenvalue weighted by atomic mass is 10.1. The molecule has 3 rings (SSSR count). The highest BCUT2D eigenvalue weighted by molar-refractivity contribution is 5.92. The van der Waals surface area contributed by atoms with Crippen LogP contribution >= 0.6 is 0 Å². The van der Waals surface area contributed by atoms with Gasteiger partial charge in [0.25, 0.3) is 0 Å². The fraction of sp³-hybridized carbons (Fsp3) is 0.692. The van der Waals surface area contributed by atoms with Crippen molar-refractivity contribution in [2.45, 2.75) is 25.3 Å². The second kappa shape index (κ2) is 5.71. The third-order valence-electron chi connectivity index (χ3n) is 3.73. The Labute approximate surface area is 112 Å². The molecular weight excluding hydrogens is 246 g/mol. The van der Waals surface area contributed by atoms with Crippen LogP contribution in [0.15, 0.2) is 12.4 Å². The van der Waals surface area contributed by atoms with Crippen LogP contribution in [0.3, 0.4) is 0 Å². The predicted octanol–water partition coefficient (Wildman–Crippen LogP) is 1.21. The van der Waals surface area contributed by atoms with Crippen molar-refractivity contribution in [2.75, 3.05) is 31.7 Å². The SMILES string of the molecule is O=C(Nc1cnn(C2CCOCC2)c1)C1CCOC1. The summed E-state index contributed by atoms with van der Waals surface area (Å²) in [6.07, 6.45) is 6.38. The lowest BCUT2D eigenvalue weighted by Crippen LogP contribution is -2.22. The number of hydrogen-bond donors (Lipinski definition) is 1. The van der Waals surface area contributed by atoms with Gasteiger partial charge in [-0.2, -0.15) is 5.10 Å². The number of carbonyl (C=O) groups excluding carboxylic acids is 1. The van der Waals surface area contributed by atoms with Gasteiger partial charge in [-0.05, 0) is 19.3 Å². The first-order chi connectivity index (χ1) is 9.33. The van der Waals surface area contributed by atoms with E-state index >= 15 is 0 Å². The third kappa shape index (κ3) is 2.96. The largest absolute Gasteiger partial charge is 0.381 e. The van der Waals surface area contributed by atoms with E-state index in [-0.39, 0.29) is 11.8 Å². The minimum Gasteiger partial charge on any atom is -0.381 e. The standard InChI is InChI=1S/C13H19N3O3/c17-13(10-1-4-19-9-10)15-11-7-14-16(8-11)12-2-5-18-6-3-12/h7-8,10,12H,1-6,9H2,(H,15,17). The third-order valence-corrected chi connectivity index (χ3v) is 3.73. The summed E-state index contributed by atoms with van der Waals surface area (Å²) in [5, 5.41) is 7.24. The molecule has 6 nitrogen and oxygen atoms in total. The zero-order valence-corrected chi connectivity index (χ0v) is 10.9. The Morgan fingerprint density at radius 3 is 2.79 bits per heavy atom. The van der Waals surface area contributed by atoms with Gasteiger partial charge in [0.1, 0.15) is 0 Å². The van der Waals surface area contributed by atoms with Crippen molar-refractivity contribution < 1.29 is 14.3 Å². The van der Waals surface area contributed by atoms with E-state index in [1.807, 2.05) is 10.9 Å². The quantitative estimate of drug-likeness (QED) is 0.892. The number of nitrogens with zero attached hydrogens (tertiary/aromatic N) is 2. The zero-order valence-electron chi connectivity index (χ0n) is 10.9. The maximum absolute atomic E-state index is 12.0. The van der Waals surface area contributed by atoms with Gasteiger partial charge < -0.3 is 14.8 Å². The maximum Gasteiger partial charge on any atom is 0.229 e. The van der Waals surface area contributed by atoms with Gasteiger partial charge in [0, 0.05) is 26.0 Å². The van der Waals surface area contributed by atoms with Gasteiger partial charge >= 0.3 is 0 Å². The van der Waals surface area contributed by atoms with Gasteiger partial charge in [-0.25, -0.2) is 0 Å². The molecule has 0 bridgehead atoms. The highest BCUT2D eigenvalue weighted by Crippen LogP contribution is 2.22. The van der Waals surface area contributed by atoms with Crippen LogP contribution in [0.4, 0.5) is 5.69 Å². The van der Waals surface area contributed by atoms with E-state index in [0.717, 1.165) is 38.2 Å². The molecule has 1 unspecified atom stereocenters. The summed E-state index contributed by atoms with van der Waals surface area (Å²) >= 11 is 0. The van der Waals surface area contributed by atoms with Crippen LogP contribution in [-0.2, 0) is 14.3 Å². The highest BCUT2D eigenvalue weighted by atomic mass is 16.5. The zero-order chi connectivity index (χ0) is 13.1. The summed E-state index contributed by atoms with van der Waals surface area (Å²) in [7, 11) is 0. The Kier molecular flexibility index (Phi) is 3.79. The minimum absolute atomic E-state index is 0.0218. The first-order valence-corrected chi connectivity index (χ1v) is 6.83. The molecule has 1 amide bonds. The van der Waals surface area contributed by atoms with Gasteiger partial charge in [-0.3, -0.25) is 9.48 Å². The van der Waals surface area contributed by atoms with E-state index in [0.29, 0.717) is 19.3 Å². The maximum atomic E-state index is 12.0. The lowest BCUT2D eigenvalue weighted by molar-refractivity contribution is -0.119. The van der Waals surface area contributed by atoms with Crippen molar-refractivity contribution in [3.05, 3.63) is 12.4 Å². The van der Waals surface area contributed by atoms with Crippen molar-refractivity contribution in [3.63, 3.8) is 0 Å². The molecule has 2 aliphatic rings. The van der Waals surface area contributed by atoms with Gasteiger partial charge in [0.15, 0.2) is 0 Å². The Hall–Kier alpha value is -1.40. The molecule has 0 radical (unpaired) electrons. The molecule has 1 N–H and O–H groups in total. The summed E-state index contributed by atoms with van der Waals surface area (Å²) in [6.45, 7) is 2.77. The predicted molar refractivity (Wildman–Crippen MR) is 68.9 cm³/mol. The molecule has 0 aromatic carbocycles. The minimum atomic E-state index is -0.0218. The van der Waals surface area contributed by atoms with Gasteiger partial charge in [-0.15, -0.1) is 0 Å². The first kappa shape index (κ1) is 12.6. The fourth-order valence-electron chi connectivity index (χ4n) is 2.54. The number of nitrogens with one attached hydrogen (secondary N) is 1. The first-order valence-electron chi connectivity index (χ1n) is 6.83. The molecule has 2 fully saturated rings. The molecule has 3 heterocycles. The molecule has 1 aromatic heterocycles. The van der Waals surface area contributed by atoms with Crippen LogP contribution in [0, 0.1) is 5.92 Å². The molecule has 6 heteroatoms. The van der Waals surface area contributed by atoms with Crippen molar-refractivity contribution in [1.29, 1.82) is 0 Å². The summed E-state index contributed by atoms with van der Waals surface area (Å²) in [5.41, 5.74) is 0.767. The van der Waals surface area contributed by atoms with E-state index in [1.165, 1.54) is 0 Å². The number of hydrogen-bond acceptors (Lipinski definition) is 4. The highest BCUT2D eigenvalue weighted by Gasteiger charge is 2.24. The summed E-state index contributed by atoms with van der Waals surface area (Å²) in [4.78, 5) is 12.0. The molecule has 0 aliphatic carbocycles. The van der Waals surface area contributed by atoms with Gasteiger partial charge in [-0.1, -0.05) is 0 Å². The number of amides is 1. The summed E-state index contributed by atoms with van der Waals surface area (Å²) < 4.78 is 12.5. The van der Waals surface area contributed by atoms with Crippen molar-refractivity contribution in [3.8, 4) is 0 Å². The summed E-state index contributed by atoms with van der Waals surface area (Å²) in [5.74, 6) is 0.00968. The average Bonchev–Trinajstić information content (AvgIpc) is 3.11. The molecule has 19 heavy (non-hydrogen) atoms. The lowest BCUT2D eigenvalue weighted by Gasteiger charge is -2.22. The molecule has 1 aromatic rings. The van der Waals surface area contributed by atoms with E-state index < -0.39 is 0 Å². The molecule has 1 atom stereocenters. The van der Waals surface area contributed by atoms with Crippen LogP contribution < -0.4 is 5.32 Å². The van der Waals surface area contributed by atoms with Gasteiger partial charge in [0.05, 0.1) is 30.5 Å². The van der Waals surface area contributed by atoms with Crippen molar-refractivity contribution in [2.24, 2.45) is 5.92 Å². The second-order valence-corrected chi connectivity index (χ2v) is 5.10. The Morgan fingerprint density at radius 2 is 2.05 bits per heavy atom. The van der Waals surface area contributed by atoms with Crippen LogP contribution in [-0.4, -0.2) is 42.1 Å². The number of anilines is 1. The fourth-order valence-corrected chi connectivity index (χ4v) is 2.54. The Balaban J connectivity index is 1.59. The number of carbonyl (C=O) groups is 1. The summed E-state index contributed by atoms with van der Waals surface area (Å²) in [6, 6.07) is 0.384. The van der Waals surface area contributed by atoms with Crippen LogP contribution in [0.25, 0.3) is 0 Å². The normalized spacial score (nSPS) is 24.5. The number of aromatic nitrogens is 2. The molecule has 0 saturated carbocycles. The van der Waals surface area contributed by atoms with E-state index in [2.05, 4.69) is 10.4 Å². The molecule has 2 saturated heterocycles. The topological polar surface area (TPSA) is 65.4 Å². The van der Waals surface area contributed by atoms with Crippen LogP contribution in [0.5, 0.6) is 0 Å².